The molecule has 2 amide bonds. The number of likely N-dealkylation sites (tertiary alicyclic amines) is 1. The number of piperidine rings is 1. The lowest BCUT2D eigenvalue weighted by Crippen LogP contribution is -2.46. The van der Waals surface area contributed by atoms with Crippen molar-refractivity contribution in [3.63, 3.8) is 0 Å². The summed E-state index contributed by atoms with van der Waals surface area (Å²) >= 11 is 0. The number of nitrogens with zero attached hydrogens (tertiary/aromatic N) is 3. The summed E-state index contributed by atoms with van der Waals surface area (Å²) in [6.45, 7) is 5.45. The van der Waals surface area contributed by atoms with E-state index in [-0.39, 0.29) is 23.8 Å². The van der Waals surface area contributed by atoms with E-state index in [4.69, 9.17) is 4.74 Å². The van der Waals surface area contributed by atoms with Crippen LogP contribution in [-0.4, -0.2) is 52.1 Å². The monoisotopic (exact) mass is 348 g/mol. The molecule has 0 radical (unpaired) electrons. The molecule has 0 saturated carbocycles. The average Bonchev–Trinajstić information content (AvgIpc) is 3.31. The quantitative estimate of drug-likeness (QED) is 0.841. The maximum absolute atomic E-state index is 12.4. The summed E-state index contributed by atoms with van der Waals surface area (Å²) in [4.78, 5) is 30.9. The Morgan fingerprint density at radius 3 is 2.80 bits per heavy atom. The molecular weight excluding hydrogens is 320 g/mol. The van der Waals surface area contributed by atoms with Gasteiger partial charge in [0, 0.05) is 44.6 Å². The third-order valence-electron chi connectivity index (χ3n) is 5.07. The van der Waals surface area contributed by atoms with Gasteiger partial charge in [0.15, 0.2) is 0 Å². The molecule has 25 heavy (non-hydrogen) atoms. The first-order valence-corrected chi connectivity index (χ1v) is 9.37. The van der Waals surface area contributed by atoms with Crippen LogP contribution in [0.1, 0.15) is 44.9 Å². The summed E-state index contributed by atoms with van der Waals surface area (Å²) in [7, 11) is 0. The van der Waals surface area contributed by atoms with E-state index >= 15 is 0 Å². The number of ether oxygens (including phenoxy) is 1. The number of aryl methyl sites for hydroxylation is 1. The van der Waals surface area contributed by atoms with Crippen LogP contribution in [0.3, 0.4) is 0 Å². The predicted molar refractivity (Wildman–Crippen MR) is 92.6 cm³/mol. The summed E-state index contributed by atoms with van der Waals surface area (Å²) in [6.07, 6.45) is 7.71. The van der Waals surface area contributed by atoms with Crippen molar-refractivity contribution < 1.29 is 14.3 Å². The standard InChI is InChI=1S/C18H28N4O3/c1-2-8-21-11-7-19-16(21)13-20-17(23)14-5-9-22(10-6-14)18(24)15-4-3-12-25-15/h7,11,14-15H,2-6,8-10,12-13H2,1H3,(H,20,23). The molecule has 2 aliphatic heterocycles. The van der Waals surface area contributed by atoms with Crippen LogP contribution in [0.4, 0.5) is 0 Å². The molecule has 2 aliphatic rings. The van der Waals surface area contributed by atoms with Gasteiger partial charge in [-0.05, 0) is 32.1 Å². The topological polar surface area (TPSA) is 76.5 Å². The molecule has 138 valence electrons. The minimum absolute atomic E-state index is 0.0249. The number of carbonyl (C=O) groups excluding carboxylic acids is 2. The summed E-state index contributed by atoms with van der Waals surface area (Å²) in [5.41, 5.74) is 0. The van der Waals surface area contributed by atoms with E-state index < -0.39 is 0 Å². The lowest BCUT2D eigenvalue weighted by Gasteiger charge is -2.32. The van der Waals surface area contributed by atoms with Gasteiger partial charge >= 0.3 is 0 Å². The van der Waals surface area contributed by atoms with Crippen LogP contribution in [0.15, 0.2) is 12.4 Å². The van der Waals surface area contributed by atoms with Crippen molar-refractivity contribution in [2.75, 3.05) is 19.7 Å². The molecule has 7 heteroatoms. The molecule has 1 atom stereocenters. The van der Waals surface area contributed by atoms with Gasteiger partial charge in [0.2, 0.25) is 5.91 Å². The van der Waals surface area contributed by atoms with Crippen molar-refractivity contribution >= 4 is 11.8 Å². The van der Waals surface area contributed by atoms with Gasteiger partial charge in [-0.3, -0.25) is 9.59 Å². The van der Waals surface area contributed by atoms with E-state index in [0.29, 0.717) is 39.1 Å². The normalized spacial score (nSPS) is 21.5. The third-order valence-corrected chi connectivity index (χ3v) is 5.07. The minimum Gasteiger partial charge on any atom is -0.368 e. The molecule has 0 spiro atoms. The van der Waals surface area contributed by atoms with Crippen LogP contribution in [0.2, 0.25) is 0 Å². The summed E-state index contributed by atoms with van der Waals surface area (Å²) in [5.74, 6) is 1.03. The Kier molecular flexibility index (Phi) is 6.07. The van der Waals surface area contributed by atoms with Gasteiger partial charge in [-0.1, -0.05) is 6.92 Å². The number of hydrogen-bond donors (Lipinski definition) is 1. The highest BCUT2D eigenvalue weighted by Gasteiger charge is 2.32. The number of nitrogens with one attached hydrogen (secondary N) is 1. The SMILES string of the molecule is CCCn1ccnc1CNC(=O)C1CCN(C(=O)C2CCCO2)CC1. The lowest BCUT2D eigenvalue weighted by molar-refractivity contribution is -0.143. The summed E-state index contributed by atoms with van der Waals surface area (Å²) in [5, 5.41) is 3.00. The Hall–Kier alpha value is -1.89. The van der Waals surface area contributed by atoms with Gasteiger partial charge in [0.1, 0.15) is 11.9 Å². The van der Waals surface area contributed by atoms with Crippen LogP contribution in [0.25, 0.3) is 0 Å². The highest BCUT2D eigenvalue weighted by atomic mass is 16.5. The van der Waals surface area contributed by atoms with E-state index in [9.17, 15) is 9.59 Å². The first-order valence-electron chi connectivity index (χ1n) is 9.37. The molecule has 1 N–H and O–H groups in total. The van der Waals surface area contributed by atoms with Crippen molar-refractivity contribution in [3.05, 3.63) is 18.2 Å². The van der Waals surface area contributed by atoms with Crippen LogP contribution in [0, 0.1) is 5.92 Å². The molecule has 2 fully saturated rings. The average molecular weight is 348 g/mol. The zero-order valence-corrected chi connectivity index (χ0v) is 14.9. The molecule has 3 heterocycles. The van der Waals surface area contributed by atoms with E-state index in [2.05, 4.69) is 21.8 Å². The van der Waals surface area contributed by atoms with E-state index in [1.54, 1.807) is 6.20 Å². The molecular formula is C18H28N4O3. The Morgan fingerprint density at radius 2 is 2.12 bits per heavy atom. The van der Waals surface area contributed by atoms with Gasteiger partial charge in [-0.25, -0.2) is 4.98 Å². The zero-order chi connectivity index (χ0) is 17.6. The van der Waals surface area contributed by atoms with Crippen LogP contribution < -0.4 is 5.32 Å². The number of carbonyl (C=O) groups is 2. The largest absolute Gasteiger partial charge is 0.368 e. The fourth-order valence-corrected chi connectivity index (χ4v) is 3.60. The zero-order valence-electron chi connectivity index (χ0n) is 14.9. The number of aromatic nitrogens is 2. The number of rotatable bonds is 6. The smallest absolute Gasteiger partial charge is 0.251 e. The molecule has 0 aliphatic carbocycles. The van der Waals surface area contributed by atoms with E-state index in [0.717, 1.165) is 31.6 Å². The van der Waals surface area contributed by atoms with Crippen molar-refractivity contribution in [2.24, 2.45) is 5.92 Å². The molecule has 0 bridgehead atoms. The van der Waals surface area contributed by atoms with E-state index in [1.807, 2.05) is 11.1 Å². The Labute approximate surface area is 148 Å². The predicted octanol–water partition coefficient (Wildman–Crippen LogP) is 1.33. The number of hydrogen-bond acceptors (Lipinski definition) is 4. The highest BCUT2D eigenvalue weighted by molar-refractivity contribution is 5.82. The minimum atomic E-state index is -0.261. The maximum atomic E-state index is 12.4. The summed E-state index contributed by atoms with van der Waals surface area (Å²) in [6, 6.07) is 0. The van der Waals surface area contributed by atoms with Gasteiger partial charge in [0.25, 0.3) is 5.91 Å². The summed E-state index contributed by atoms with van der Waals surface area (Å²) < 4.78 is 7.55. The van der Waals surface area contributed by atoms with Gasteiger partial charge < -0.3 is 19.5 Å². The maximum Gasteiger partial charge on any atom is 0.251 e. The Morgan fingerprint density at radius 1 is 1.32 bits per heavy atom. The van der Waals surface area contributed by atoms with Crippen LogP contribution >= 0.6 is 0 Å². The highest BCUT2D eigenvalue weighted by Crippen LogP contribution is 2.21. The molecule has 0 aromatic carbocycles. The molecule has 2 saturated heterocycles. The molecule has 7 nitrogen and oxygen atoms in total. The van der Waals surface area contributed by atoms with Crippen molar-refractivity contribution in [1.29, 1.82) is 0 Å². The van der Waals surface area contributed by atoms with Crippen LogP contribution in [-0.2, 0) is 27.4 Å². The second kappa shape index (κ2) is 8.47. The van der Waals surface area contributed by atoms with E-state index in [1.165, 1.54) is 0 Å². The molecule has 1 aromatic heterocycles. The molecule has 1 aromatic rings. The van der Waals surface area contributed by atoms with Crippen molar-refractivity contribution in [1.82, 2.24) is 19.8 Å². The fourth-order valence-electron chi connectivity index (χ4n) is 3.60. The second-order valence-electron chi connectivity index (χ2n) is 6.86. The van der Waals surface area contributed by atoms with Gasteiger partial charge in [-0.15, -0.1) is 0 Å². The Balaban J connectivity index is 1.43. The van der Waals surface area contributed by atoms with Crippen molar-refractivity contribution in [2.45, 2.75) is 58.2 Å². The first kappa shape index (κ1) is 17.9. The lowest BCUT2D eigenvalue weighted by atomic mass is 9.95. The molecule has 1 unspecified atom stereocenters. The Bertz CT molecular complexity index is 587. The molecule has 3 rings (SSSR count). The number of amides is 2. The first-order chi connectivity index (χ1) is 12.2. The number of imidazole rings is 1. The van der Waals surface area contributed by atoms with Gasteiger partial charge in [0.05, 0.1) is 6.54 Å². The second-order valence-corrected chi connectivity index (χ2v) is 6.86. The van der Waals surface area contributed by atoms with Gasteiger partial charge in [-0.2, -0.15) is 0 Å². The van der Waals surface area contributed by atoms with Crippen molar-refractivity contribution in [3.8, 4) is 0 Å². The third kappa shape index (κ3) is 4.39. The van der Waals surface area contributed by atoms with Crippen LogP contribution in [0.5, 0.6) is 0 Å². The fraction of sp³-hybridized carbons (Fsp3) is 0.722.